The topological polar surface area (TPSA) is 51.0 Å². The van der Waals surface area contributed by atoms with Crippen LogP contribution in [-0.2, 0) is 19.3 Å². The smallest absolute Gasteiger partial charge is 0.226 e. The number of benzene rings is 1. The summed E-state index contributed by atoms with van der Waals surface area (Å²) in [5, 5.41) is 7.46. The molecule has 1 aliphatic heterocycles. The zero-order chi connectivity index (χ0) is 13.6. The molecule has 1 aromatic carbocycles. The Bertz CT molecular complexity index is 523. The maximum Gasteiger partial charge on any atom is 0.226 e. The molecule has 0 aliphatic carbocycles. The van der Waals surface area contributed by atoms with Crippen LogP contribution in [0.15, 0.2) is 34.9 Å². The Labute approximate surface area is 131 Å². The molecule has 5 heteroatoms. The van der Waals surface area contributed by atoms with Crippen molar-refractivity contribution in [1.82, 2.24) is 15.5 Å². The SMILES string of the molecule is Cl.c1ccc(CCc2noc(CCC3CCNC3)n2)cc1. The van der Waals surface area contributed by atoms with Crippen molar-refractivity contribution in [3.63, 3.8) is 0 Å². The number of hydrogen-bond donors (Lipinski definition) is 1. The molecule has 0 spiro atoms. The summed E-state index contributed by atoms with van der Waals surface area (Å²) < 4.78 is 5.33. The van der Waals surface area contributed by atoms with Crippen molar-refractivity contribution < 1.29 is 4.52 Å². The fourth-order valence-corrected chi connectivity index (χ4v) is 2.68. The Morgan fingerprint density at radius 3 is 2.76 bits per heavy atom. The van der Waals surface area contributed by atoms with Crippen LogP contribution in [0.1, 0.15) is 30.1 Å². The third-order valence-corrected chi connectivity index (χ3v) is 3.92. The summed E-state index contributed by atoms with van der Waals surface area (Å²) in [5.74, 6) is 2.39. The van der Waals surface area contributed by atoms with Crippen LogP contribution < -0.4 is 5.32 Å². The van der Waals surface area contributed by atoms with E-state index in [4.69, 9.17) is 4.52 Å². The summed E-state index contributed by atoms with van der Waals surface area (Å²) in [7, 11) is 0. The van der Waals surface area contributed by atoms with E-state index in [-0.39, 0.29) is 12.4 Å². The summed E-state index contributed by atoms with van der Waals surface area (Å²) in [6, 6.07) is 10.4. The molecule has 0 saturated carbocycles. The molecule has 1 aromatic heterocycles. The first kappa shape index (κ1) is 16.0. The molecule has 0 bridgehead atoms. The minimum absolute atomic E-state index is 0. The molecule has 1 atom stereocenters. The normalized spacial score (nSPS) is 17.6. The Morgan fingerprint density at radius 1 is 1.14 bits per heavy atom. The zero-order valence-corrected chi connectivity index (χ0v) is 12.9. The van der Waals surface area contributed by atoms with Crippen LogP contribution >= 0.6 is 12.4 Å². The molecule has 21 heavy (non-hydrogen) atoms. The average molecular weight is 308 g/mol. The quantitative estimate of drug-likeness (QED) is 0.891. The molecule has 2 heterocycles. The Morgan fingerprint density at radius 2 is 2.00 bits per heavy atom. The largest absolute Gasteiger partial charge is 0.339 e. The van der Waals surface area contributed by atoms with Crippen molar-refractivity contribution in [2.24, 2.45) is 5.92 Å². The standard InChI is InChI=1S/C16H21N3O.ClH/c1-2-4-13(5-3-1)6-8-15-18-16(20-19-15)9-7-14-10-11-17-12-14;/h1-5,14,17H,6-12H2;1H. The van der Waals surface area contributed by atoms with Gasteiger partial charge in [-0.3, -0.25) is 0 Å². The third kappa shape index (κ3) is 4.83. The van der Waals surface area contributed by atoms with Gasteiger partial charge in [-0.2, -0.15) is 4.98 Å². The van der Waals surface area contributed by atoms with Gasteiger partial charge in [0.2, 0.25) is 5.89 Å². The molecule has 0 amide bonds. The fraction of sp³-hybridized carbons (Fsp3) is 0.500. The molecule has 1 fully saturated rings. The maximum absolute atomic E-state index is 5.33. The van der Waals surface area contributed by atoms with E-state index in [1.165, 1.54) is 12.0 Å². The lowest BCUT2D eigenvalue weighted by Gasteiger charge is -2.03. The first-order chi connectivity index (χ1) is 9.90. The van der Waals surface area contributed by atoms with Crippen molar-refractivity contribution in [2.45, 2.75) is 32.1 Å². The molecule has 1 aliphatic rings. The summed E-state index contributed by atoms with van der Waals surface area (Å²) in [4.78, 5) is 4.49. The highest BCUT2D eigenvalue weighted by atomic mass is 35.5. The lowest BCUT2D eigenvalue weighted by molar-refractivity contribution is 0.360. The van der Waals surface area contributed by atoms with E-state index in [1.807, 2.05) is 6.07 Å². The van der Waals surface area contributed by atoms with E-state index in [1.54, 1.807) is 0 Å². The van der Waals surface area contributed by atoms with Crippen molar-refractivity contribution in [1.29, 1.82) is 0 Å². The second-order valence-electron chi connectivity index (χ2n) is 5.49. The zero-order valence-electron chi connectivity index (χ0n) is 12.1. The van der Waals surface area contributed by atoms with Crippen LogP contribution in [-0.4, -0.2) is 23.2 Å². The first-order valence-electron chi connectivity index (χ1n) is 7.46. The molecule has 4 nitrogen and oxygen atoms in total. The van der Waals surface area contributed by atoms with Crippen molar-refractivity contribution in [2.75, 3.05) is 13.1 Å². The van der Waals surface area contributed by atoms with Crippen LogP contribution in [0.5, 0.6) is 0 Å². The average Bonchev–Trinajstić information content (AvgIpc) is 3.16. The first-order valence-corrected chi connectivity index (χ1v) is 7.46. The van der Waals surface area contributed by atoms with Gasteiger partial charge in [0, 0.05) is 12.8 Å². The van der Waals surface area contributed by atoms with Gasteiger partial charge in [0.25, 0.3) is 0 Å². The lowest BCUT2D eigenvalue weighted by Crippen LogP contribution is -2.09. The van der Waals surface area contributed by atoms with Gasteiger partial charge < -0.3 is 9.84 Å². The number of aromatic nitrogens is 2. The molecule has 1 saturated heterocycles. The van der Waals surface area contributed by atoms with Gasteiger partial charge in [0.05, 0.1) is 0 Å². The van der Waals surface area contributed by atoms with Crippen LogP contribution in [0, 0.1) is 5.92 Å². The third-order valence-electron chi connectivity index (χ3n) is 3.92. The van der Waals surface area contributed by atoms with Gasteiger partial charge >= 0.3 is 0 Å². The van der Waals surface area contributed by atoms with Gasteiger partial charge in [-0.1, -0.05) is 35.5 Å². The predicted octanol–water partition coefficient (Wildman–Crippen LogP) is 2.82. The molecule has 1 N–H and O–H groups in total. The Hall–Kier alpha value is -1.39. The molecule has 1 unspecified atom stereocenters. The summed E-state index contributed by atoms with van der Waals surface area (Å²) >= 11 is 0. The number of hydrogen-bond acceptors (Lipinski definition) is 4. The molecule has 2 aromatic rings. The van der Waals surface area contributed by atoms with Gasteiger partial charge in [0.1, 0.15) is 0 Å². The minimum Gasteiger partial charge on any atom is -0.339 e. The fourth-order valence-electron chi connectivity index (χ4n) is 2.68. The monoisotopic (exact) mass is 307 g/mol. The molecule has 3 rings (SSSR count). The molecular formula is C16H22ClN3O. The highest BCUT2D eigenvalue weighted by Gasteiger charge is 2.16. The second kappa shape index (κ2) is 8.15. The van der Waals surface area contributed by atoms with Crippen molar-refractivity contribution in [3.05, 3.63) is 47.6 Å². The van der Waals surface area contributed by atoms with E-state index in [9.17, 15) is 0 Å². The maximum atomic E-state index is 5.33. The second-order valence-corrected chi connectivity index (χ2v) is 5.49. The summed E-state index contributed by atoms with van der Waals surface area (Å²) in [5.41, 5.74) is 1.32. The van der Waals surface area contributed by atoms with E-state index in [2.05, 4.69) is 39.7 Å². The van der Waals surface area contributed by atoms with E-state index >= 15 is 0 Å². The summed E-state index contributed by atoms with van der Waals surface area (Å²) in [6.07, 6.45) is 5.14. The van der Waals surface area contributed by atoms with E-state index < -0.39 is 0 Å². The van der Waals surface area contributed by atoms with E-state index in [0.717, 1.165) is 56.4 Å². The van der Waals surface area contributed by atoms with Crippen LogP contribution in [0.25, 0.3) is 0 Å². The Balaban J connectivity index is 0.00000161. The Kier molecular flexibility index (Phi) is 6.21. The minimum atomic E-state index is 0. The molecule has 114 valence electrons. The molecular weight excluding hydrogens is 286 g/mol. The number of halogens is 1. The molecule has 0 radical (unpaired) electrons. The lowest BCUT2D eigenvalue weighted by atomic mass is 10.0. The van der Waals surface area contributed by atoms with Crippen molar-refractivity contribution >= 4 is 12.4 Å². The van der Waals surface area contributed by atoms with Gasteiger partial charge in [-0.05, 0) is 43.8 Å². The number of aryl methyl sites for hydroxylation is 3. The van der Waals surface area contributed by atoms with Crippen LogP contribution in [0.3, 0.4) is 0 Å². The highest BCUT2D eigenvalue weighted by molar-refractivity contribution is 5.85. The van der Waals surface area contributed by atoms with Crippen LogP contribution in [0.4, 0.5) is 0 Å². The van der Waals surface area contributed by atoms with Gasteiger partial charge in [0.15, 0.2) is 5.82 Å². The number of nitrogens with one attached hydrogen (secondary N) is 1. The van der Waals surface area contributed by atoms with Crippen LogP contribution in [0.2, 0.25) is 0 Å². The number of rotatable bonds is 6. The van der Waals surface area contributed by atoms with E-state index in [0.29, 0.717) is 0 Å². The van der Waals surface area contributed by atoms with Gasteiger partial charge in [-0.25, -0.2) is 0 Å². The highest BCUT2D eigenvalue weighted by Crippen LogP contribution is 2.15. The summed E-state index contributed by atoms with van der Waals surface area (Å²) in [6.45, 7) is 2.28. The predicted molar refractivity (Wildman–Crippen MR) is 84.7 cm³/mol. The van der Waals surface area contributed by atoms with Gasteiger partial charge in [-0.15, -0.1) is 12.4 Å². The number of nitrogens with zero attached hydrogens (tertiary/aromatic N) is 2. The van der Waals surface area contributed by atoms with Crippen molar-refractivity contribution in [3.8, 4) is 0 Å².